The van der Waals surface area contributed by atoms with E-state index in [0.717, 1.165) is 30.2 Å². The van der Waals surface area contributed by atoms with Crippen LogP contribution in [0.25, 0.3) is 0 Å². The lowest BCUT2D eigenvalue weighted by Crippen LogP contribution is -2.48. The van der Waals surface area contributed by atoms with Gasteiger partial charge in [-0.3, -0.25) is 0 Å². The highest BCUT2D eigenvalue weighted by molar-refractivity contribution is 5.34. The molecule has 0 aromatic carbocycles. The molecule has 19 heavy (non-hydrogen) atoms. The number of hydrogen-bond donors (Lipinski definition) is 1. The minimum atomic E-state index is 0.241. The number of rotatable bonds is 3. The van der Waals surface area contributed by atoms with Gasteiger partial charge in [0, 0.05) is 30.5 Å². The Bertz CT molecular complexity index is 430. The van der Waals surface area contributed by atoms with Crippen LogP contribution in [0.3, 0.4) is 0 Å². The van der Waals surface area contributed by atoms with E-state index in [1.54, 1.807) is 0 Å². The molecule has 0 bridgehead atoms. The highest BCUT2D eigenvalue weighted by Gasteiger charge is 2.27. The average molecular weight is 262 g/mol. The van der Waals surface area contributed by atoms with Crippen molar-refractivity contribution >= 4 is 5.95 Å². The van der Waals surface area contributed by atoms with E-state index >= 15 is 0 Å². The van der Waals surface area contributed by atoms with E-state index in [1.165, 1.54) is 12.8 Å². The van der Waals surface area contributed by atoms with Crippen molar-refractivity contribution < 1.29 is 0 Å². The zero-order valence-electron chi connectivity index (χ0n) is 12.6. The van der Waals surface area contributed by atoms with Gasteiger partial charge in [-0.1, -0.05) is 26.7 Å². The predicted molar refractivity (Wildman–Crippen MR) is 79.5 cm³/mol. The fourth-order valence-electron chi connectivity index (χ4n) is 2.80. The van der Waals surface area contributed by atoms with Gasteiger partial charge in [0.25, 0.3) is 0 Å². The molecule has 1 heterocycles. The molecule has 2 N–H and O–H groups in total. The SMILES string of the molecule is Cc1cc(C(C)C)nc(N(C)C2CCCCC2N)n1. The van der Waals surface area contributed by atoms with Crippen molar-refractivity contribution in [3.8, 4) is 0 Å². The van der Waals surface area contributed by atoms with E-state index in [-0.39, 0.29) is 6.04 Å². The van der Waals surface area contributed by atoms with Gasteiger partial charge < -0.3 is 10.6 Å². The van der Waals surface area contributed by atoms with E-state index in [9.17, 15) is 0 Å². The van der Waals surface area contributed by atoms with Gasteiger partial charge in [0.05, 0.1) is 0 Å². The van der Waals surface area contributed by atoms with E-state index in [0.29, 0.717) is 12.0 Å². The van der Waals surface area contributed by atoms with Crippen LogP contribution in [0.5, 0.6) is 0 Å². The fourth-order valence-corrected chi connectivity index (χ4v) is 2.80. The lowest BCUT2D eigenvalue weighted by molar-refractivity contribution is 0.370. The summed E-state index contributed by atoms with van der Waals surface area (Å²) >= 11 is 0. The van der Waals surface area contributed by atoms with Gasteiger partial charge in [-0.05, 0) is 31.7 Å². The number of anilines is 1. The van der Waals surface area contributed by atoms with Crippen LogP contribution in [-0.4, -0.2) is 29.1 Å². The van der Waals surface area contributed by atoms with Crippen LogP contribution in [0.15, 0.2) is 6.07 Å². The van der Waals surface area contributed by atoms with Crippen molar-refractivity contribution in [3.63, 3.8) is 0 Å². The molecule has 4 heteroatoms. The first-order chi connectivity index (χ1) is 8.99. The summed E-state index contributed by atoms with van der Waals surface area (Å²) in [7, 11) is 2.08. The number of nitrogens with two attached hydrogens (primary N) is 1. The molecule has 0 aliphatic heterocycles. The van der Waals surface area contributed by atoms with Gasteiger partial charge >= 0.3 is 0 Å². The van der Waals surface area contributed by atoms with Crippen LogP contribution in [-0.2, 0) is 0 Å². The summed E-state index contributed by atoms with van der Waals surface area (Å²) in [6, 6.07) is 2.68. The lowest BCUT2D eigenvalue weighted by Gasteiger charge is -2.36. The smallest absolute Gasteiger partial charge is 0.225 e. The van der Waals surface area contributed by atoms with E-state index < -0.39 is 0 Å². The van der Waals surface area contributed by atoms with Crippen molar-refractivity contribution in [1.82, 2.24) is 9.97 Å². The minimum absolute atomic E-state index is 0.241. The van der Waals surface area contributed by atoms with Crippen LogP contribution in [0, 0.1) is 6.92 Å². The second kappa shape index (κ2) is 5.87. The van der Waals surface area contributed by atoms with Crippen LogP contribution in [0.2, 0.25) is 0 Å². The standard InChI is InChI=1S/C15H26N4/c1-10(2)13-9-11(3)17-15(18-13)19(4)14-8-6-5-7-12(14)16/h9-10,12,14H,5-8,16H2,1-4H3. The maximum absolute atomic E-state index is 6.26. The number of nitrogens with zero attached hydrogens (tertiary/aromatic N) is 3. The predicted octanol–water partition coefficient (Wildman–Crippen LogP) is 2.61. The average Bonchev–Trinajstić information content (AvgIpc) is 2.37. The maximum atomic E-state index is 6.26. The second-order valence-corrected chi connectivity index (χ2v) is 6.02. The van der Waals surface area contributed by atoms with E-state index in [4.69, 9.17) is 10.7 Å². The summed E-state index contributed by atoms with van der Waals surface area (Å²) < 4.78 is 0. The van der Waals surface area contributed by atoms with Crippen LogP contribution < -0.4 is 10.6 Å². The summed E-state index contributed by atoms with van der Waals surface area (Å²) in [6.45, 7) is 6.36. The van der Waals surface area contributed by atoms with Gasteiger partial charge in [0.15, 0.2) is 0 Å². The Hall–Kier alpha value is -1.16. The summed E-state index contributed by atoms with van der Waals surface area (Å²) in [4.78, 5) is 11.5. The number of hydrogen-bond acceptors (Lipinski definition) is 4. The Balaban J connectivity index is 2.24. The molecule has 0 amide bonds. The molecule has 1 aliphatic carbocycles. The lowest BCUT2D eigenvalue weighted by atomic mass is 9.90. The molecule has 0 radical (unpaired) electrons. The zero-order valence-corrected chi connectivity index (χ0v) is 12.6. The summed E-state index contributed by atoms with van der Waals surface area (Å²) in [6.07, 6.45) is 4.76. The normalized spacial score (nSPS) is 23.7. The van der Waals surface area contributed by atoms with Crippen LogP contribution in [0.4, 0.5) is 5.95 Å². The topological polar surface area (TPSA) is 55.0 Å². The van der Waals surface area contributed by atoms with Gasteiger partial charge in [-0.2, -0.15) is 0 Å². The van der Waals surface area contributed by atoms with E-state index in [2.05, 4.69) is 36.8 Å². The summed E-state index contributed by atoms with van der Waals surface area (Å²) in [5, 5.41) is 0. The molecule has 0 spiro atoms. The van der Waals surface area contributed by atoms with Gasteiger partial charge in [-0.15, -0.1) is 0 Å². The fraction of sp³-hybridized carbons (Fsp3) is 0.733. The minimum Gasteiger partial charge on any atom is -0.339 e. The Morgan fingerprint density at radius 2 is 1.95 bits per heavy atom. The Morgan fingerprint density at radius 1 is 1.26 bits per heavy atom. The van der Waals surface area contributed by atoms with Crippen molar-refractivity contribution in [2.75, 3.05) is 11.9 Å². The first-order valence-electron chi connectivity index (χ1n) is 7.33. The first-order valence-corrected chi connectivity index (χ1v) is 7.33. The molecule has 2 atom stereocenters. The van der Waals surface area contributed by atoms with Crippen LogP contribution in [0.1, 0.15) is 56.8 Å². The molecule has 1 fully saturated rings. The molecule has 1 aromatic heterocycles. The molecule has 4 nitrogen and oxygen atoms in total. The second-order valence-electron chi connectivity index (χ2n) is 6.02. The molecule has 1 saturated carbocycles. The Labute approximate surface area is 116 Å². The third kappa shape index (κ3) is 3.24. The van der Waals surface area contributed by atoms with Gasteiger partial charge in [0.1, 0.15) is 0 Å². The quantitative estimate of drug-likeness (QED) is 0.909. The Kier molecular flexibility index (Phi) is 4.40. The summed E-state index contributed by atoms with van der Waals surface area (Å²) in [5.41, 5.74) is 8.40. The van der Waals surface area contributed by atoms with Crippen molar-refractivity contribution in [2.45, 2.75) is 64.5 Å². The third-order valence-corrected chi connectivity index (χ3v) is 4.05. The summed E-state index contributed by atoms with van der Waals surface area (Å²) in [5.74, 6) is 1.25. The Morgan fingerprint density at radius 3 is 2.58 bits per heavy atom. The number of likely N-dealkylation sites (N-methyl/N-ethyl adjacent to an activating group) is 1. The number of aryl methyl sites for hydroxylation is 1. The molecule has 1 aliphatic rings. The molecular formula is C15H26N4. The number of aromatic nitrogens is 2. The molecule has 2 rings (SSSR count). The van der Waals surface area contributed by atoms with Crippen molar-refractivity contribution in [1.29, 1.82) is 0 Å². The molecule has 0 saturated heterocycles. The maximum Gasteiger partial charge on any atom is 0.225 e. The van der Waals surface area contributed by atoms with Gasteiger partial charge in [-0.25, -0.2) is 9.97 Å². The monoisotopic (exact) mass is 262 g/mol. The zero-order chi connectivity index (χ0) is 14.0. The van der Waals surface area contributed by atoms with Gasteiger partial charge in [0.2, 0.25) is 5.95 Å². The third-order valence-electron chi connectivity index (χ3n) is 4.05. The first kappa shape index (κ1) is 14.3. The molecular weight excluding hydrogens is 236 g/mol. The van der Waals surface area contributed by atoms with Crippen molar-refractivity contribution in [2.24, 2.45) is 5.73 Å². The molecule has 106 valence electrons. The van der Waals surface area contributed by atoms with Crippen LogP contribution >= 0.6 is 0 Å². The highest BCUT2D eigenvalue weighted by atomic mass is 15.3. The molecule has 2 unspecified atom stereocenters. The van der Waals surface area contributed by atoms with E-state index in [1.807, 2.05) is 6.92 Å². The highest BCUT2D eigenvalue weighted by Crippen LogP contribution is 2.25. The van der Waals surface area contributed by atoms with Crippen molar-refractivity contribution in [3.05, 3.63) is 17.5 Å². The largest absolute Gasteiger partial charge is 0.339 e. The molecule has 1 aromatic rings.